The highest BCUT2D eigenvalue weighted by Crippen LogP contribution is 2.26. The summed E-state index contributed by atoms with van der Waals surface area (Å²) in [6.45, 7) is 0. The van der Waals surface area contributed by atoms with Crippen molar-refractivity contribution in [3.8, 4) is 11.3 Å². The molecule has 4 rings (SSSR count). The second-order valence-corrected chi connectivity index (χ2v) is 8.45. The first kappa shape index (κ1) is 25.6. The fourth-order valence-electron chi connectivity index (χ4n) is 3.61. The van der Waals surface area contributed by atoms with E-state index in [1.165, 1.54) is 37.4 Å². The molecular weight excluding hydrogens is 499 g/mol. The molecular formula is C27H22ClFN4O4. The SMILES string of the molecule is COC(=O)c1ccc(NC(=O)C(Cc2ccccc2)NC(=O)c2cc(-c3cccc(Cl)c3F)n[nH]2)cc1. The van der Waals surface area contributed by atoms with Gasteiger partial charge in [-0.3, -0.25) is 14.7 Å². The molecule has 4 aromatic rings. The Morgan fingerprint density at radius 3 is 2.46 bits per heavy atom. The van der Waals surface area contributed by atoms with Crippen molar-refractivity contribution in [3.05, 3.63) is 107 Å². The van der Waals surface area contributed by atoms with Crippen LogP contribution in [0.2, 0.25) is 5.02 Å². The maximum Gasteiger partial charge on any atom is 0.337 e. The number of rotatable bonds is 8. The Balaban J connectivity index is 1.52. The molecule has 1 unspecified atom stereocenters. The van der Waals surface area contributed by atoms with Crippen LogP contribution in [0.25, 0.3) is 11.3 Å². The number of anilines is 1. The fourth-order valence-corrected chi connectivity index (χ4v) is 3.78. The van der Waals surface area contributed by atoms with E-state index in [1.54, 1.807) is 18.2 Å². The number of hydrogen-bond acceptors (Lipinski definition) is 5. The first-order valence-corrected chi connectivity index (χ1v) is 11.6. The molecule has 0 aliphatic heterocycles. The van der Waals surface area contributed by atoms with Crippen LogP contribution in [0.5, 0.6) is 0 Å². The van der Waals surface area contributed by atoms with Crippen LogP contribution in [0, 0.1) is 5.82 Å². The smallest absolute Gasteiger partial charge is 0.337 e. The van der Waals surface area contributed by atoms with Crippen LogP contribution in [-0.4, -0.2) is 41.1 Å². The number of ether oxygens (including phenoxy) is 1. The number of esters is 1. The third-order valence-corrected chi connectivity index (χ3v) is 5.82. The number of methoxy groups -OCH3 is 1. The summed E-state index contributed by atoms with van der Waals surface area (Å²) in [5, 5.41) is 12.0. The highest BCUT2D eigenvalue weighted by molar-refractivity contribution is 6.31. The minimum Gasteiger partial charge on any atom is -0.465 e. The van der Waals surface area contributed by atoms with Crippen LogP contribution in [-0.2, 0) is 16.0 Å². The summed E-state index contributed by atoms with van der Waals surface area (Å²) in [5.74, 6) is -2.21. The summed E-state index contributed by atoms with van der Waals surface area (Å²) >= 11 is 5.85. The van der Waals surface area contributed by atoms with Crippen molar-refractivity contribution in [1.29, 1.82) is 0 Å². The van der Waals surface area contributed by atoms with Crippen molar-refractivity contribution in [2.75, 3.05) is 12.4 Å². The molecule has 2 amide bonds. The highest BCUT2D eigenvalue weighted by Gasteiger charge is 2.24. The molecule has 37 heavy (non-hydrogen) atoms. The lowest BCUT2D eigenvalue weighted by atomic mass is 10.0. The summed E-state index contributed by atoms with van der Waals surface area (Å²) in [6, 6.07) is 20.3. The Hall–Kier alpha value is -4.50. The van der Waals surface area contributed by atoms with Crippen LogP contribution in [0.3, 0.4) is 0 Å². The third-order valence-electron chi connectivity index (χ3n) is 5.53. The van der Waals surface area contributed by atoms with Gasteiger partial charge < -0.3 is 15.4 Å². The molecule has 0 aliphatic carbocycles. The van der Waals surface area contributed by atoms with Crippen molar-refractivity contribution < 1.29 is 23.5 Å². The predicted octanol–water partition coefficient (Wildman–Crippen LogP) is 4.64. The van der Waals surface area contributed by atoms with Crippen molar-refractivity contribution >= 4 is 35.1 Å². The lowest BCUT2D eigenvalue weighted by Crippen LogP contribution is -2.45. The molecule has 3 aromatic carbocycles. The molecule has 1 heterocycles. The molecule has 10 heteroatoms. The van der Waals surface area contributed by atoms with E-state index in [0.29, 0.717) is 11.3 Å². The molecule has 0 saturated carbocycles. The number of carbonyl (C=O) groups is 3. The molecule has 8 nitrogen and oxygen atoms in total. The Labute approximate surface area is 216 Å². The predicted molar refractivity (Wildman–Crippen MR) is 137 cm³/mol. The number of benzene rings is 3. The average Bonchev–Trinajstić information content (AvgIpc) is 3.41. The van der Waals surface area contributed by atoms with Crippen LogP contribution >= 0.6 is 11.6 Å². The second-order valence-electron chi connectivity index (χ2n) is 8.04. The van der Waals surface area contributed by atoms with Crippen LogP contribution in [0.15, 0.2) is 78.9 Å². The third kappa shape index (κ3) is 6.20. The summed E-state index contributed by atoms with van der Waals surface area (Å²) < 4.78 is 19.1. The van der Waals surface area contributed by atoms with Gasteiger partial charge in [-0.1, -0.05) is 48.0 Å². The number of halogens is 2. The Morgan fingerprint density at radius 2 is 1.76 bits per heavy atom. The van der Waals surface area contributed by atoms with Crippen molar-refractivity contribution in [2.24, 2.45) is 0 Å². The number of amides is 2. The van der Waals surface area contributed by atoms with Gasteiger partial charge in [-0.2, -0.15) is 5.10 Å². The van der Waals surface area contributed by atoms with Gasteiger partial charge in [0, 0.05) is 17.7 Å². The van der Waals surface area contributed by atoms with E-state index in [9.17, 15) is 18.8 Å². The molecule has 0 fully saturated rings. The minimum atomic E-state index is -0.954. The summed E-state index contributed by atoms with van der Waals surface area (Å²) in [5.41, 5.74) is 1.97. The quantitative estimate of drug-likeness (QED) is 0.293. The van der Waals surface area contributed by atoms with E-state index in [-0.39, 0.29) is 28.4 Å². The molecule has 3 N–H and O–H groups in total. The maximum atomic E-state index is 14.4. The van der Waals surface area contributed by atoms with Gasteiger partial charge in [-0.05, 0) is 48.0 Å². The molecule has 0 aliphatic rings. The van der Waals surface area contributed by atoms with E-state index in [2.05, 4.69) is 25.6 Å². The Bertz CT molecular complexity index is 1420. The van der Waals surface area contributed by atoms with Gasteiger partial charge in [0.2, 0.25) is 5.91 Å². The molecule has 0 saturated heterocycles. The van der Waals surface area contributed by atoms with E-state index < -0.39 is 29.6 Å². The first-order chi connectivity index (χ1) is 17.9. The molecule has 188 valence electrons. The average molecular weight is 521 g/mol. The van der Waals surface area contributed by atoms with Gasteiger partial charge in [-0.25, -0.2) is 9.18 Å². The molecule has 0 bridgehead atoms. The van der Waals surface area contributed by atoms with E-state index in [4.69, 9.17) is 11.6 Å². The summed E-state index contributed by atoms with van der Waals surface area (Å²) in [6.07, 6.45) is 0.211. The van der Waals surface area contributed by atoms with Gasteiger partial charge >= 0.3 is 5.97 Å². The number of carbonyl (C=O) groups excluding carboxylic acids is 3. The monoisotopic (exact) mass is 520 g/mol. The van der Waals surface area contributed by atoms with Gasteiger partial charge in [-0.15, -0.1) is 0 Å². The van der Waals surface area contributed by atoms with Gasteiger partial charge in [0.1, 0.15) is 11.7 Å². The van der Waals surface area contributed by atoms with Crippen LogP contribution < -0.4 is 10.6 Å². The molecule has 1 atom stereocenters. The minimum absolute atomic E-state index is 0.0441. The summed E-state index contributed by atoms with van der Waals surface area (Å²) in [7, 11) is 1.28. The van der Waals surface area contributed by atoms with Gasteiger partial charge in [0.15, 0.2) is 5.82 Å². The zero-order chi connectivity index (χ0) is 26.4. The number of hydrogen-bond donors (Lipinski definition) is 3. The topological polar surface area (TPSA) is 113 Å². The second kappa shape index (κ2) is 11.5. The van der Waals surface area contributed by atoms with Crippen LogP contribution in [0.1, 0.15) is 26.4 Å². The Morgan fingerprint density at radius 1 is 1.03 bits per heavy atom. The van der Waals surface area contributed by atoms with E-state index in [1.807, 2.05) is 30.3 Å². The van der Waals surface area contributed by atoms with Crippen molar-refractivity contribution in [3.63, 3.8) is 0 Å². The number of aromatic amines is 1. The number of nitrogens with zero attached hydrogens (tertiary/aromatic N) is 1. The fraction of sp³-hybridized carbons (Fsp3) is 0.111. The standard InChI is InChI=1S/C27H22ClFN4O4/c1-37-27(36)17-10-12-18(13-11-17)30-25(34)22(14-16-6-3-2-4-7-16)31-26(35)23-15-21(32-33-23)19-8-5-9-20(28)24(19)29/h2-13,15,22H,14H2,1H3,(H,30,34)(H,31,35)(H,32,33). The van der Waals surface area contributed by atoms with Gasteiger partial charge in [0.25, 0.3) is 5.91 Å². The lowest BCUT2D eigenvalue weighted by Gasteiger charge is -2.18. The zero-order valence-corrected chi connectivity index (χ0v) is 20.4. The van der Waals surface area contributed by atoms with Crippen molar-refractivity contribution in [1.82, 2.24) is 15.5 Å². The van der Waals surface area contributed by atoms with Crippen molar-refractivity contribution in [2.45, 2.75) is 12.5 Å². The normalized spacial score (nSPS) is 11.4. The zero-order valence-electron chi connectivity index (χ0n) is 19.6. The molecule has 0 spiro atoms. The number of H-pyrrole nitrogens is 1. The highest BCUT2D eigenvalue weighted by atomic mass is 35.5. The van der Waals surface area contributed by atoms with E-state index in [0.717, 1.165) is 5.56 Å². The summed E-state index contributed by atoms with van der Waals surface area (Å²) in [4.78, 5) is 37.8. The number of aromatic nitrogens is 2. The van der Waals surface area contributed by atoms with Crippen LogP contribution in [0.4, 0.5) is 10.1 Å². The van der Waals surface area contributed by atoms with Gasteiger partial charge in [0.05, 0.1) is 23.4 Å². The van der Waals surface area contributed by atoms with E-state index >= 15 is 0 Å². The Kier molecular flexibility index (Phi) is 7.95. The number of nitrogens with one attached hydrogen (secondary N) is 3. The lowest BCUT2D eigenvalue weighted by molar-refractivity contribution is -0.118. The molecule has 0 radical (unpaired) electrons. The maximum absolute atomic E-state index is 14.4. The molecule has 1 aromatic heterocycles. The first-order valence-electron chi connectivity index (χ1n) is 11.2. The largest absolute Gasteiger partial charge is 0.465 e.